The first-order valence-electron chi connectivity index (χ1n) is 10.6. The lowest BCUT2D eigenvalue weighted by Gasteiger charge is -2.19. The number of hydrogen-bond acceptors (Lipinski definition) is 5. The Morgan fingerprint density at radius 3 is 2.88 bits per heavy atom. The van der Waals surface area contributed by atoms with Gasteiger partial charge in [-0.15, -0.1) is 35.3 Å². The van der Waals surface area contributed by atoms with Crippen LogP contribution in [0.1, 0.15) is 19.0 Å². The van der Waals surface area contributed by atoms with Crippen LogP contribution in [-0.4, -0.2) is 48.1 Å². The van der Waals surface area contributed by atoms with Gasteiger partial charge in [-0.05, 0) is 25.5 Å². The number of thiazole rings is 1. The van der Waals surface area contributed by atoms with Crippen molar-refractivity contribution >= 4 is 47.1 Å². The summed E-state index contributed by atoms with van der Waals surface area (Å²) >= 11 is 1.66. The number of nitrogens with one attached hydrogen (secondary N) is 2. The molecule has 1 aromatic carbocycles. The number of rotatable bonds is 7. The van der Waals surface area contributed by atoms with Gasteiger partial charge in [0.25, 0.3) is 0 Å². The van der Waals surface area contributed by atoms with Crippen LogP contribution in [0.15, 0.2) is 59.0 Å². The molecule has 3 heterocycles. The van der Waals surface area contributed by atoms with E-state index in [9.17, 15) is 4.39 Å². The maximum absolute atomic E-state index is 14.0. The van der Waals surface area contributed by atoms with E-state index in [1.807, 2.05) is 30.0 Å². The lowest BCUT2D eigenvalue weighted by Crippen LogP contribution is -2.44. The Bertz CT molecular complexity index is 1010. The Morgan fingerprint density at radius 2 is 2.09 bits per heavy atom. The van der Waals surface area contributed by atoms with E-state index >= 15 is 0 Å². The molecule has 3 aromatic rings. The highest BCUT2D eigenvalue weighted by Crippen LogP contribution is 2.23. The second-order valence-corrected chi connectivity index (χ2v) is 8.26. The Kier molecular flexibility index (Phi) is 9.22. The average Bonchev–Trinajstić information content (AvgIpc) is 3.45. The summed E-state index contributed by atoms with van der Waals surface area (Å²) in [5.74, 6) is 0.933. The lowest BCUT2D eigenvalue weighted by molar-refractivity contribution is 0.612. The topological polar surface area (TPSA) is 65.4 Å². The van der Waals surface area contributed by atoms with Crippen molar-refractivity contribution in [3.05, 3.63) is 65.6 Å². The molecule has 0 radical (unpaired) electrons. The van der Waals surface area contributed by atoms with E-state index in [2.05, 4.69) is 33.1 Å². The van der Waals surface area contributed by atoms with Gasteiger partial charge in [-0.1, -0.05) is 30.3 Å². The van der Waals surface area contributed by atoms with Crippen molar-refractivity contribution in [2.24, 2.45) is 4.99 Å². The Morgan fingerprint density at radius 1 is 1.25 bits per heavy atom. The molecule has 0 spiro atoms. The molecule has 1 aliphatic rings. The van der Waals surface area contributed by atoms with Crippen LogP contribution in [0.2, 0.25) is 0 Å². The minimum absolute atomic E-state index is 0. The predicted octanol–water partition coefficient (Wildman–Crippen LogP) is 4.34. The molecule has 1 aliphatic heterocycles. The number of anilines is 1. The fourth-order valence-electron chi connectivity index (χ4n) is 3.61. The second-order valence-electron chi connectivity index (χ2n) is 7.41. The van der Waals surface area contributed by atoms with Gasteiger partial charge in [0.05, 0.1) is 5.69 Å². The average molecular weight is 566 g/mol. The summed E-state index contributed by atoms with van der Waals surface area (Å²) in [6, 6.07) is 13.5. The van der Waals surface area contributed by atoms with Crippen molar-refractivity contribution in [1.82, 2.24) is 20.6 Å². The first-order chi connectivity index (χ1) is 15.2. The SMILES string of the molecule is CCNC(=NCCc1csc(-c2ccccc2)n1)NC1CCN(c2ncccc2F)C1.I. The molecule has 32 heavy (non-hydrogen) atoms. The van der Waals surface area contributed by atoms with Gasteiger partial charge in [0.1, 0.15) is 5.01 Å². The highest BCUT2D eigenvalue weighted by Gasteiger charge is 2.25. The van der Waals surface area contributed by atoms with Crippen LogP contribution in [0.3, 0.4) is 0 Å². The molecule has 1 atom stereocenters. The van der Waals surface area contributed by atoms with Crippen LogP contribution in [-0.2, 0) is 6.42 Å². The van der Waals surface area contributed by atoms with E-state index in [0.29, 0.717) is 18.9 Å². The van der Waals surface area contributed by atoms with Crippen molar-refractivity contribution < 1.29 is 4.39 Å². The molecular weight excluding hydrogens is 538 g/mol. The van der Waals surface area contributed by atoms with E-state index in [0.717, 1.165) is 48.2 Å². The quantitative estimate of drug-likeness (QED) is 0.253. The van der Waals surface area contributed by atoms with Gasteiger partial charge in [0.2, 0.25) is 0 Å². The third-order valence-electron chi connectivity index (χ3n) is 5.12. The molecule has 170 valence electrons. The summed E-state index contributed by atoms with van der Waals surface area (Å²) < 4.78 is 14.0. The first-order valence-corrected chi connectivity index (χ1v) is 11.5. The normalized spacial score (nSPS) is 16.0. The summed E-state index contributed by atoms with van der Waals surface area (Å²) in [6.07, 6.45) is 3.33. The summed E-state index contributed by atoms with van der Waals surface area (Å²) in [6.45, 7) is 4.95. The third kappa shape index (κ3) is 6.38. The zero-order chi connectivity index (χ0) is 21.5. The molecule has 0 saturated carbocycles. The van der Waals surface area contributed by atoms with E-state index in [1.54, 1.807) is 23.6 Å². The minimum Gasteiger partial charge on any atom is -0.357 e. The molecular formula is C23H28FIN6S. The predicted molar refractivity (Wildman–Crippen MR) is 141 cm³/mol. The van der Waals surface area contributed by atoms with E-state index < -0.39 is 0 Å². The van der Waals surface area contributed by atoms with Crippen LogP contribution in [0, 0.1) is 5.82 Å². The third-order valence-corrected chi connectivity index (χ3v) is 6.06. The first kappa shape index (κ1) is 24.4. The van der Waals surface area contributed by atoms with E-state index in [4.69, 9.17) is 9.98 Å². The van der Waals surface area contributed by atoms with Crippen molar-refractivity contribution in [2.45, 2.75) is 25.8 Å². The fourth-order valence-corrected chi connectivity index (χ4v) is 4.47. The zero-order valence-corrected chi connectivity index (χ0v) is 21.1. The molecule has 9 heteroatoms. The maximum atomic E-state index is 14.0. The van der Waals surface area contributed by atoms with Gasteiger partial charge in [0, 0.05) is 55.8 Å². The Balaban J connectivity index is 0.00000289. The van der Waals surface area contributed by atoms with E-state index in [1.165, 1.54) is 6.07 Å². The van der Waals surface area contributed by atoms with Crippen molar-refractivity contribution in [1.29, 1.82) is 0 Å². The van der Waals surface area contributed by atoms with Crippen molar-refractivity contribution in [2.75, 3.05) is 31.1 Å². The molecule has 1 fully saturated rings. The Labute approximate surface area is 209 Å². The highest BCUT2D eigenvalue weighted by atomic mass is 127. The monoisotopic (exact) mass is 566 g/mol. The smallest absolute Gasteiger partial charge is 0.191 e. The minimum atomic E-state index is -0.276. The van der Waals surface area contributed by atoms with Gasteiger partial charge in [-0.25, -0.2) is 14.4 Å². The van der Waals surface area contributed by atoms with Crippen LogP contribution in [0.4, 0.5) is 10.2 Å². The molecule has 0 amide bonds. The number of aliphatic imine (C=N–C) groups is 1. The van der Waals surface area contributed by atoms with Crippen LogP contribution in [0.25, 0.3) is 10.6 Å². The van der Waals surface area contributed by atoms with Gasteiger partial charge < -0.3 is 15.5 Å². The summed E-state index contributed by atoms with van der Waals surface area (Å²) in [5, 5.41) is 9.93. The number of nitrogens with zero attached hydrogens (tertiary/aromatic N) is 4. The number of aromatic nitrogens is 2. The standard InChI is InChI=1S/C23H27FN6S.HI/c1-2-25-23(29-18-11-14-30(15-18)21-20(24)9-6-12-26-21)27-13-10-19-16-31-22(28-19)17-7-4-3-5-8-17;/h3-9,12,16,18H,2,10-11,13-15H2,1H3,(H2,25,27,29);1H. The number of hydrogen-bond donors (Lipinski definition) is 2. The van der Waals surface area contributed by atoms with Gasteiger partial charge in [-0.2, -0.15) is 0 Å². The van der Waals surface area contributed by atoms with Gasteiger partial charge in [-0.3, -0.25) is 4.99 Å². The molecule has 0 aliphatic carbocycles. The number of halogens is 2. The highest BCUT2D eigenvalue weighted by molar-refractivity contribution is 14.0. The van der Waals surface area contributed by atoms with Crippen LogP contribution in [0.5, 0.6) is 0 Å². The summed E-state index contributed by atoms with van der Waals surface area (Å²) in [5.41, 5.74) is 2.20. The Hall–Kier alpha value is -2.27. The van der Waals surface area contributed by atoms with Crippen molar-refractivity contribution in [3.63, 3.8) is 0 Å². The molecule has 2 aromatic heterocycles. The number of benzene rings is 1. The number of guanidine groups is 1. The molecule has 2 N–H and O–H groups in total. The fraction of sp³-hybridized carbons (Fsp3) is 0.348. The molecule has 1 saturated heterocycles. The van der Waals surface area contributed by atoms with Crippen molar-refractivity contribution in [3.8, 4) is 10.6 Å². The summed E-state index contributed by atoms with van der Waals surface area (Å²) in [7, 11) is 0. The van der Waals surface area contributed by atoms with Crippen LogP contribution < -0.4 is 15.5 Å². The second kappa shape index (κ2) is 12.1. The maximum Gasteiger partial charge on any atom is 0.191 e. The zero-order valence-electron chi connectivity index (χ0n) is 18.0. The number of pyridine rings is 1. The van der Waals surface area contributed by atoms with E-state index in [-0.39, 0.29) is 35.8 Å². The van der Waals surface area contributed by atoms with Gasteiger partial charge in [0.15, 0.2) is 17.6 Å². The molecule has 0 bridgehead atoms. The molecule has 6 nitrogen and oxygen atoms in total. The van der Waals surface area contributed by atoms with Crippen LogP contribution >= 0.6 is 35.3 Å². The molecule has 1 unspecified atom stereocenters. The largest absolute Gasteiger partial charge is 0.357 e. The molecule has 4 rings (SSSR count). The van der Waals surface area contributed by atoms with Gasteiger partial charge >= 0.3 is 0 Å². The summed E-state index contributed by atoms with van der Waals surface area (Å²) in [4.78, 5) is 15.6. The lowest BCUT2D eigenvalue weighted by atomic mass is 10.2.